The highest BCUT2D eigenvalue weighted by Crippen LogP contribution is 2.27. The standard InChI is InChI=1S/C23H23N5O4/c24-23(30)17-10-12-26(13-11-17)21(29)14-18-15-27(19-4-2-1-3-5-19)25-22(18)16-6-8-20(9-7-16)28(31)32/h1-9,15,17H,10-14H2,(H2,24,30). The first-order valence-electron chi connectivity index (χ1n) is 10.4. The minimum absolute atomic E-state index is 0.00816. The van der Waals surface area contributed by atoms with Crippen LogP contribution in [0.3, 0.4) is 0 Å². The maximum atomic E-state index is 13.0. The third-order valence-corrected chi connectivity index (χ3v) is 5.75. The van der Waals surface area contributed by atoms with Gasteiger partial charge in [-0.15, -0.1) is 0 Å². The number of primary amides is 1. The van der Waals surface area contributed by atoms with Crippen molar-refractivity contribution >= 4 is 17.5 Å². The third kappa shape index (κ3) is 4.51. The number of hydrogen-bond acceptors (Lipinski definition) is 5. The van der Waals surface area contributed by atoms with Crippen LogP contribution >= 0.6 is 0 Å². The van der Waals surface area contributed by atoms with E-state index in [4.69, 9.17) is 5.73 Å². The van der Waals surface area contributed by atoms with Gasteiger partial charge >= 0.3 is 0 Å². The Hall–Kier alpha value is -4.01. The fourth-order valence-electron chi connectivity index (χ4n) is 3.92. The Bertz CT molecular complexity index is 1130. The number of non-ortho nitro benzene ring substituents is 1. The van der Waals surface area contributed by atoms with E-state index in [1.807, 2.05) is 36.5 Å². The number of aromatic nitrogens is 2. The largest absolute Gasteiger partial charge is 0.369 e. The molecule has 0 spiro atoms. The number of amides is 2. The van der Waals surface area contributed by atoms with Crippen molar-refractivity contribution in [2.24, 2.45) is 11.7 Å². The van der Waals surface area contributed by atoms with Crippen LogP contribution in [0.2, 0.25) is 0 Å². The van der Waals surface area contributed by atoms with E-state index in [2.05, 4.69) is 5.10 Å². The van der Waals surface area contributed by atoms with Crippen molar-refractivity contribution < 1.29 is 14.5 Å². The fourth-order valence-corrected chi connectivity index (χ4v) is 3.92. The van der Waals surface area contributed by atoms with Crippen LogP contribution in [0.15, 0.2) is 60.8 Å². The molecule has 1 aromatic heterocycles. The molecule has 2 heterocycles. The molecule has 0 unspecified atom stereocenters. The minimum Gasteiger partial charge on any atom is -0.369 e. The van der Waals surface area contributed by atoms with Crippen molar-refractivity contribution in [2.75, 3.05) is 13.1 Å². The Morgan fingerprint density at radius 2 is 1.72 bits per heavy atom. The van der Waals surface area contributed by atoms with E-state index in [-0.39, 0.29) is 29.8 Å². The van der Waals surface area contributed by atoms with Crippen LogP contribution in [0, 0.1) is 16.0 Å². The van der Waals surface area contributed by atoms with Gasteiger partial charge in [0.15, 0.2) is 0 Å². The van der Waals surface area contributed by atoms with Gasteiger partial charge in [0.25, 0.3) is 5.69 Å². The number of carbonyl (C=O) groups is 2. The highest BCUT2D eigenvalue weighted by atomic mass is 16.6. The van der Waals surface area contributed by atoms with Gasteiger partial charge in [-0.25, -0.2) is 4.68 Å². The molecule has 0 aliphatic carbocycles. The molecule has 9 heteroatoms. The molecule has 2 aromatic carbocycles. The van der Waals surface area contributed by atoms with E-state index in [0.29, 0.717) is 37.2 Å². The third-order valence-electron chi connectivity index (χ3n) is 5.75. The number of carbonyl (C=O) groups excluding carboxylic acids is 2. The topological polar surface area (TPSA) is 124 Å². The van der Waals surface area contributed by atoms with Crippen LogP contribution in [0.25, 0.3) is 16.9 Å². The molecule has 1 aliphatic heterocycles. The fraction of sp³-hybridized carbons (Fsp3) is 0.261. The molecule has 1 aliphatic rings. The summed E-state index contributed by atoms with van der Waals surface area (Å²) < 4.78 is 1.71. The number of nitrogens with zero attached hydrogens (tertiary/aromatic N) is 4. The predicted octanol–water partition coefficient (Wildman–Crippen LogP) is 2.71. The number of nitro benzene ring substituents is 1. The van der Waals surface area contributed by atoms with Crippen molar-refractivity contribution in [2.45, 2.75) is 19.3 Å². The maximum Gasteiger partial charge on any atom is 0.269 e. The van der Waals surface area contributed by atoms with Gasteiger partial charge in [-0.05, 0) is 37.1 Å². The lowest BCUT2D eigenvalue weighted by Gasteiger charge is -2.30. The lowest BCUT2D eigenvalue weighted by Crippen LogP contribution is -2.42. The van der Waals surface area contributed by atoms with Crippen molar-refractivity contribution in [1.29, 1.82) is 0 Å². The molecule has 0 bridgehead atoms. The molecule has 1 fully saturated rings. The molecule has 32 heavy (non-hydrogen) atoms. The SMILES string of the molecule is NC(=O)C1CCN(C(=O)Cc2cn(-c3ccccc3)nc2-c2ccc([N+](=O)[O-])cc2)CC1. The molecule has 164 valence electrons. The highest BCUT2D eigenvalue weighted by molar-refractivity contribution is 5.82. The lowest BCUT2D eigenvalue weighted by molar-refractivity contribution is -0.384. The van der Waals surface area contributed by atoms with E-state index >= 15 is 0 Å². The Morgan fingerprint density at radius 3 is 2.31 bits per heavy atom. The van der Waals surface area contributed by atoms with E-state index in [0.717, 1.165) is 11.3 Å². The number of para-hydroxylation sites is 1. The molecule has 0 atom stereocenters. The molecule has 9 nitrogen and oxygen atoms in total. The number of piperidine rings is 1. The number of rotatable bonds is 6. The van der Waals surface area contributed by atoms with Crippen LogP contribution in [0.1, 0.15) is 18.4 Å². The summed E-state index contributed by atoms with van der Waals surface area (Å²) in [6, 6.07) is 15.7. The number of hydrogen-bond donors (Lipinski definition) is 1. The normalized spacial score (nSPS) is 14.3. The summed E-state index contributed by atoms with van der Waals surface area (Å²) in [5.74, 6) is -0.555. The monoisotopic (exact) mass is 433 g/mol. The van der Waals surface area contributed by atoms with Crippen molar-refractivity contribution in [3.63, 3.8) is 0 Å². The number of likely N-dealkylation sites (tertiary alicyclic amines) is 1. The number of benzene rings is 2. The van der Waals surface area contributed by atoms with Gasteiger partial charge in [-0.2, -0.15) is 5.10 Å². The van der Waals surface area contributed by atoms with E-state index in [1.165, 1.54) is 12.1 Å². The Labute approximate surface area is 184 Å². The zero-order chi connectivity index (χ0) is 22.7. The van der Waals surface area contributed by atoms with Crippen LogP contribution in [-0.4, -0.2) is 44.5 Å². The average molecular weight is 433 g/mol. The number of nitrogens with two attached hydrogens (primary N) is 1. The molecular formula is C23H23N5O4. The second kappa shape index (κ2) is 9.01. The van der Waals surface area contributed by atoms with Gasteiger partial charge in [-0.1, -0.05) is 18.2 Å². The molecule has 0 saturated carbocycles. The summed E-state index contributed by atoms with van der Waals surface area (Å²) in [6.07, 6.45) is 3.10. The van der Waals surface area contributed by atoms with Crippen LogP contribution < -0.4 is 5.73 Å². The Balaban J connectivity index is 1.61. The smallest absolute Gasteiger partial charge is 0.269 e. The molecule has 2 N–H and O–H groups in total. The molecule has 2 amide bonds. The molecule has 3 aromatic rings. The van der Waals surface area contributed by atoms with E-state index < -0.39 is 4.92 Å². The van der Waals surface area contributed by atoms with Gasteiger partial charge in [0.2, 0.25) is 11.8 Å². The quantitative estimate of drug-likeness (QED) is 0.473. The first-order valence-corrected chi connectivity index (χ1v) is 10.4. The summed E-state index contributed by atoms with van der Waals surface area (Å²) in [7, 11) is 0. The Morgan fingerprint density at radius 1 is 1.06 bits per heavy atom. The summed E-state index contributed by atoms with van der Waals surface area (Å²) in [6.45, 7) is 0.984. The lowest BCUT2D eigenvalue weighted by atomic mass is 9.96. The zero-order valence-electron chi connectivity index (χ0n) is 17.4. The van der Waals surface area contributed by atoms with Gasteiger partial charge in [0, 0.05) is 48.5 Å². The average Bonchev–Trinajstić information content (AvgIpc) is 3.23. The van der Waals surface area contributed by atoms with Crippen molar-refractivity contribution in [3.05, 3.63) is 76.5 Å². The summed E-state index contributed by atoms with van der Waals surface area (Å²) in [4.78, 5) is 36.7. The summed E-state index contributed by atoms with van der Waals surface area (Å²) in [5.41, 5.74) is 8.25. The first-order chi connectivity index (χ1) is 15.4. The van der Waals surface area contributed by atoms with Gasteiger partial charge in [0.05, 0.1) is 22.7 Å². The summed E-state index contributed by atoms with van der Waals surface area (Å²) in [5, 5.41) is 15.7. The molecule has 0 radical (unpaired) electrons. The number of nitro groups is 1. The maximum absolute atomic E-state index is 13.0. The van der Waals surface area contributed by atoms with E-state index in [1.54, 1.807) is 21.7 Å². The van der Waals surface area contributed by atoms with Crippen molar-refractivity contribution in [3.8, 4) is 16.9 Å². The second-order valence-corrected chi connectivity index (χ2v) is 7.82. The summed E-state index contributed by atoms with van der Waals surface area (Å²) >= 11 is 0. The second-order valence-electron chi connectivity index (χ2n) is 7.82. The van der Waals surface area contributed by atoms with Gasteiger partial charge in [0.1, 0.15) is 0 Å². The van der Waals surface area contributed by atoms with Crippen LogP contribution in [0.5, 0.6) is 0 Å². The molecule has 1 saturated heterocycles. The Kier molecular flexibility index (Phi) is 5.98. The molecule has 4 rings (SSSR count). The molecular weight excluding hydrogens is 410 g/mol. The van der Waals surface area contributed by atoms with E-state index in [9.17, 15) is 19.7 Å². The van der Waals surface area contributed by atoms with Gasteiger partial charge < -0.3 is 10.6 Å². The van der Waals surface area contributed by atoms with Crippen molar-refractivity contribution in [1.82, 2.24) is 14.7 Å². The van der Waals surface area contributed by atoms with Crippen LogP contribution in [-0.2, 0) is 16.0 Å². The first kappa shape index (κ1) is 21.2. The highest BCUT2D eigenvalue weighted by Gasteiger charge is 2.27. The minimum atomic E-state index is -0.452. The van der Waals surface area contributed by atoms with Gasteiger partial charge in [-0.3, -0.25) is 19.7 Å². The van der Waals surface area contributed by atoms with Crippen LogP contribution in [0.4, 0.5) is 5.69 Å². The predicted molar refractivity (Wildman–Crippen MR) is 118 cm³/mol. The zero-order valence-corrected chi connectivity index (χ0v) is 17.4.